The molecule has 1 aromatic carbocycles. The molecule has 0 atom stereocenters. The van der Waals surface area contributed by atoms with Crippen molar-refractivity contribution >= 4 is 33.2 Å². The number of benzene rings is 1. The molecule has 0 aliphatic carbocycles. The zero-order chi connectivity index (χ0) is 14.1. The number of halogens is 1. The summed E-state index contributed by atoms with van der Waals surface area (Å²) < 4.78 is 2.72. The lowest BCUT2D eigenvalue weighted by Gasteiger charge is -2.06. The van der Waals surface area contributed by atoms with E-state index in [-0.39, 0.29) is 5.91 Å². The number of anilines is 1. The van der Waals surface area contributed by atoms with Gasteiger partial charge in [0.25, 0.3) is 5.91 Å². The number of carbonyl (C=O) groups is 1. The Morgan fingerprint density at radius 1 is 1.25 bits per heavy atom. The molecule has 0 spiro atoms. The maximum absolute atomic E-state index is 12.4. The Bertz CT molecular complexity index is 795. The largest absolute Gasteiger partial charge is 0.321 e. The van der Waals surface area contributed by atoms with Crippen molar-refractivity contribution < 1.29 is 4.79 Å². The number of hydrogen-bond donors (Lipinski definition) is 1. The van der Waals surface area contributed by atoms with Crippen LogP contribution in [0.1, 0.15) is 16.2 Å². The van der Waals surface area contributed by atoms with Crippen LogP contribution in [0.2, 0.25) is 0 Å². The molecular weight excluding hydrogens is 318 g/mol. The molecule has 20 heavy (non-hydrogen) atoms. The van der Waals surface area contributed by atoms with E-state index in [4.69, 9.17) is 0 Å². The van der Waals surface area contributed by atoms with E-state index in [0.29, 0.717) is 11.4 Å². The summed E-state index contributed by atoms with van der Waals surface area (Å²) in [6.45, 7) is 1.84. The van der Waals surface area contributed by atoms with Crippen LogP contribution in [0.4, 0.5) is 5.69 Å². The van der Waals surface area contributed by atoms with Gasteiger partial charge in [0, 0.05) is 16.4 Å². The molecule has 0 radical (unpaired) electrons. The number of hydrogen-bond acceptors (Lipinski definition) is 2. The van der Waals surface area contributed by atoms with Crippen LogP contribution in [0.3, 0.4) is 0 Å². The van der Waals surface area contributed by atoms with Crippen molar-refractivity contribution in [2.75, 3.05) is 5.32 Å². The number of amides is 1. The molecule has 0 aliphatic rings. The smallest absolute Gasteiger partial charge is 0.274 e. The molecule has 2 heterocycles. The van der Waals surface area contributed by atoms with Crippen molar-refractivity contribution in [2.45, 2.75) is 6.92 Å². The number of nitrogens with zero attached hydrogens (tertiary/aromatic N) is 2. The molecule has 0 fully saturated rings. The normalized spacial score (nSPS) is 10.7. The first-order chi connectivity index (χ1) is 9.65. The number of imidazole rings is 1. The molecular formula is C15H12BrN3O. The fraction of sp³-hybridized carbons (Fsp3) is 0.0667. The zero-order valence-electron chi connectivity index (χ0n) is 10.8. The predicted octanol–water partition coefficient (Wildman–Crippen LogP) is 3.66. The van der Waals surface area contributed by atoms with E-state index < -0.39 is 0 Å². The van der Waals surface area contributed by atoms with Crippen LogP contribution in [-0.2, 0) is 0 Å². The van der Waals surface area contributed by atoms with E-state index in [2.05, 4.69) is 26.2 Å². The van der Waals surface area contributed by atoms with E-state index in [9.17, 15) is 4.79 Å². The van der Waals surface area contributed by atoms with Gasteiger partial charge in [-0.25, -0.2) is 4.98 Å². The number of fused-ring (bicyclic) bond motifs is 1. The molecule has 3 rings (SSSR count). The van der Waals surface area contributed by atoms with Crippen LogP contribution in [0.15, 0.2) is 53.1 Å². The van der Waals surface area contributed by atoms with Crippen LogP contribution < -0.4 is 5.32 Å². The quantitative estimate of drug-likeness (QED) is 0.779. The first-order valence-electron chi connectivity index (χ1n) is 6.16. The van der Waals surface area contributed by atoms with E-state index in [0.717, 1.165) is 15.8 Å². The van der Waals surface area contributed by atoms with Gasteiger partial charge < -0.3 is 5.32 Å². The molecule has 2 aromatic heterocycles. The molecule has 0 saturated carbocycles. The molecule has 1 N–H and O–H groups in total. The van der Waals surface area contributed by atoms with Crippen molar-refractivity contribution in [3.63, 3.8) is 0 Å². The molecule has 100 valence electrons. The minimum Gasteiger partial charge on any atom is -0.321 e. The molecule has 0 aliphatic heterocycles. The van der Waals surface area contributed by atoms with Crippen LogP contribution in [-0.4, -0.2) is 15.3 Å². The summed E-state index contributed by atoms with van der Waals surface area (Å²) in [6.07, 6.45) is 1.84. The van der Waals surface area contributed by atoms with Gasteiger partial charge in [-0.1, -0.05) is 28.1 Å². The highest BCUT2D eigenvalue weighted by Crippen LogP contribution is 2.18. The second-order valence-corrected chi connectivity index (χ2v) is 5.35. The first-order valence-corrected chi connectivity index (χ1v) is 6.95. The number of carbonyl (C=O) groups excluding carboxylic acids is 1. The van der Waals surface area contributed by atoms with E-state index in [1.54, 1.807) is 4.40 Å². The molecule has 0 saturated heterocycles. The molecule has 5 heteroatoms. The molecule has 0 bridgehead atoms. The maximum Gasteiger partial charge on any atom is 0.274 e. The zero-order valence-corrected chi connectivity index (χ0v) is 12.4. The topological polar surface area (TPSA) is 46.4 Å². The van der Waals surface area contributed by atoms with Crippen LogP contribution >= 0.6 is 15.9 Å². The van der Waals surface area contributed by atoms with E-state index in [1.165, 1.54) is 0 Å². The maximum atomic E-state index is 12.4. The summed E-state index contributed by atoms with van der Waals surface area (Å²) in [6, 6.07) is 13.2. The van der Waals surface area contributed by atoms with Gasteiger partial charge in [0.15, 0.2) is 0 Å². The van der Waals surface area contributed by atoms with Crippen molar-refractivity contribution in [3.8, 4) is 0 Å². The van der Waals surface area contributed by atoms with Crippen molar-refractivity contribution in [2.24, 2.45) is 0 Å². The lowest BCUT2D eigenvalue weighted by Crippen LogP contribution is -2.15. The first kappa shape index (κ1) is 12.9. The molecule has 0 unspecified atom stereocenters. The summed E-state index contributed by atoms with van der Waals surface area (Å²) >= 11 is 3.39. The van der Waals surface area contributed by atoms with Crippen LogP contribution in [0.25, 0.3) is 5.65 Å². The Kier molecular flexibility index (Phi) is 3.28. The third-order valence-electron chi connectivity index (χ3n) is 3.00. The lowest BCUT2D eigenvalue weighted by molar-refractivity contribution is 0.102. The minimum absolute atomic E-state index is 0.167. The van der Waals surface area contributed by atoms with Gasteiger partial charge in [-0.05, 0) is 37.3 Å². The van der Waals surface area contributed by atoms with Gasteiger partial charge >= 0.3 is 0 Å². The molecule has 4 nitrogen and oxygen atoms in total. The molecule has 3 aromatic rings. The highest BCUT2D eigenvalue weighted by Gasteiger charge is 2.16. The standard InChI is InChI=1S/C15H12BrN3O/c1-10-14(19-8-3-2-7-13(19)17-10)15(20)18-12-6-4-5-11(16)9-12/h2-9H,1H3,(H,18,20). The van der Waals surface area contributed by atoms with Gasteiger partial charge in [-0.15, -0.1) is 0 Å². The van der Waals surface area contributed by atoms with Crippen molar-refractivity contribution in [1.29, 1.82) is 0 Å². The fourth-order valence-corrected chi connectivity index (χ4v) is 2.54. The van der Waals surface area contributed by atoms with Gasteiger partial charge in [-0.3, -0.25) is 9.20 Å². The van der Waals surface area contributed by atoms with E-state index >= 15 is 0 Å². The van der Waals surface area contributed by atoms with E-state index in [1.807, 2.05) is 55.6 Å². The number of pyridine rings is 1. The lowest BCUT2D eigenvalue weighted by atomic mass is 10.3. The average molecular weight is 330 g/mol. The van der Waals surface area contributed by atoms with Gasteiger partial charge in [-0.2, -0.15) is 0 Å². The summed E-state index contributed by atoms with van der Waals surface area (Å²) in [5.41, 5.74) is 2.78. The highest BCUT2D eigenvalue weighted by atomic mass is 79.9. The summed E-state index contributed by atoms with van der Waals surface area (Å²) in [5.74, 6) is -0.167. The summed E-state index contributed by atoms with van der Waals surface area (Å²) in [5, 5.41) is 2.89. The monoisotopic (exact) mass is 329 g/mol. The average Bonchev–Trinajstić information content (AvgIpc) is 2.74. The van der Waals surface area contributed by atoms with Gasteiger partial charge in [0.05, 0.1) is 5.69 Å². The predicted molar refractivity (Wildman–Crippen MR) is 82.0 cm³/mol. The van der Waals surface area contributed by atoms with Crippen molar-refractivity contribution in [1.82, 2.24) is 9.38 Å². The second kappa shape index (κ2) is 5.09. The van der Waals surface area contributed by atoms with Gasteiger partial charge in [0.1, 0.15) is 11.3 Å². The third kappa shape index (κ3) is 2.32. The molecule has 1 amide bonds. The summed E-state index contributed by atoms with van der Waals surface area (Å²) in [4.78, 5) is 16.8. The second-order valence-electron chi connectivity index (χ2n) is 4.44. The summed E-state index contributed by atoms with van der Waals surface area (Å²) in [7, 11) is 0. The Balaban J connectivity index is 1.99. The number of aryl methyl sites for hydroxylation is 1. The number of rotatable bonds is 2. The van der Waals surface area contributed by atoms with Crippen molar-refractivity contribution in [3.05, 3.63) is 64.5 Å². The Labute approximate surface area is 124 Å². The van der Waals surface area contributed by atoms with Crippen LogP contribution in [0, 0.1) is 6.92 Å². The SMILES string of the molecule is Cc1nc2ccccn2c1C(=O)Nc1cccc(Br)c1. The van der Waals surface area contributed by atoms with Gasteiger partial charge in [0.2, 0.25) is 0 Å². The Morgan fingerprint density at radius 2 is 2.10 bits per heavy atom. The fourth-order valence-electron chi connectivity index (χ4n) is 2.14. The highest BCUT2D eigenvalue weighted by molar-refractivity contribution is 9.10. The number of nitrogens with one attached hydrogen (secondary N) is 1. The third-order valence-corrected chi connectivity index (χ3v) is 3.50. The number of aromatic nitrogens is 2. The Morgan fingerprint density at radius 3 is 2.90 bits per heavy atom. The minimum atomic E-state index is -0.167. The van der Waals surface area contributed by atoms with Crippen LogP contribution in [0.5, 0.6) is 0 Å². The Hall–Kier alpha value is -2.14.